The van der Waals surface area contributed by atoms with Crippen molar-refractivity contribution in [2.45, 2.75) is 38.3 Å². The summed E-state index contributed by atoms with van der Waals surface area (Å²) >= 11 is 0. The average Bonchev–Trinajstić information content (AvgIpc) is 2.69. The number of aliphatic hydroxyl groups excluding tert-OH is 1. The van der Waals surface area contributed by atoms with Gasteiger partial charge in [0.25, 0.3) is 0 Å². The van der Waals surface area contributed by atoms with E-state index in [0.717, 1.165) is 12.8 Å². The largest absolute Gasteiger partial charge is 0.392 e. The van der Waals surface area contributed by atoms with E-state index >= 15 is 0 Å². The molecule has 0 aliphatic carbocycles. The SMILES string of the molecule is CCCCN(CC(N)=O)C(=O)C1CC(O)CN1. The van der Waals surface area contributed by atoms with Crippen LogP contribution < -0.4 is 11.1 Å². The maximum absolute atomic E-state index is 12.1. The maximum atomic E-state index is 12.1. The van der Waals surface area contributed by atoms with Gasteiger partial charge in [-0.1, -0.05) is 13.3 Å². The van der Waals surface area contributed by atoms with Crippen LogP contribution in [0.3, 0.4) is 0 Å². The van der Waals surface area contributed by atoms with Gasteiger partial charge < -0.3 is 21.1 Å². The Kier molecular flexibility index (Phi) is 5.37. The van der Waals surface area contributed by atoms with Crippen LogP contribution in [0.5, 0.6) is 0 Å². The topological polar surface area (TPSA) is 95.7 Å². The molecule has 2 amide bonds. The van der Waals surface area contributed by atoms with E-state index in [2.05, 4.69) is 5.32 Å². The van der Waals surface area contributed by atoms with Crippen LogP contribution in [0, 0.1) is 0 Å². The lowest BCUT2D eigenvalue weighted by Gasteiger charge is -2.24. The molecule has 6 nitrogen and oxygen atoms in total. The zero-order chi connectivity index (χ0) is 12.8. The number of rotatable bonds is 6. The number of nitrogens with two attached hydrogens (primary N) is 1. The monoisotopic (exact) mass is 243 g/mol. The molecule has 2 atom stereocenters. The highest BCUT2D eigenvalue weighted by Crippen LogP contribution is 2.10. The molecule has 98 valence electrons. The molecule has 0 bridgehead atoms. The summed E-state index contributed by atoms with van der Waals surface area (Å²) in [6.07, 6.45) is 1.71. The number of nitrogens with one attached hydrogen (secondary N) is 1. The number of aliphatic hydroxyl groups is 1. The predicted octanol–water partition coefficient (Wildman–Crippen LogP) is -1.18. The summed E-state index contributed by atoms with van der Waals surface area (Å²) in [4.78, 5) is 24.5. The Morgan fingerprint density at radius 2 is 2.24 bits per heavy atom. The van der Waals surface area contributed by atoms with Crippen LogP contribution in [0.15, 0.2) is 0 Å². The van der Waals surface area contributed by atoms with Gasteiger partial charge in [0.1, 0.15) is 0 Å². The lowest BCUT2D eigenvalue weighted by Crippen LogP contribution is -2.47. The number of primary amides is 1. The highest BCUT2D eigenvalue weighted by Gasteiger charge is 2.31. The fourth-order valence-electron chi connectivity index (χ4n) is 1.93. The first-order chi connectivity index (χ1) is 8.04. The van der Waals surface area contributed by atoms with Gasteiger partial charge in [-0.25, -0.2) is 0 Å². The van der Waals surface area contributed by atoms with E-state index in [1.165, 1.54) is 4.90 Å². The Morgan fingerprint density at radius 3 is 2.71 bits per heavy atom. The Hall–Kier alpha value is -1.14. The van der Waals surface area contributed by atoms with Gasteiger partial charge in [0.2, 0.25) is 11.8 Å². The average molecular weight is 243 g/mol. The molecular formula is C11H21N3O3. The van der Waals surface area contributed by atoms with Gasteiger partial charge in [-0.3, -0.25) is 9.59 Å². The zero-order valence-corrected chi connectivity index (χ0v) is 10.2. The van der Waals surface area contributed by atoms with Gasteiger partial charge in [0.15, 0.2) is 0 Å². The van der Waals surface area contributed by atoms with Crippen molar-refractivity contribution in [3.63, 3.8) is 0 Å². The van der Waals surface area contributed by atoms with Gasteiger partial charge >= 0.3 is 0 Å². The first-order valence-corrected chi connectivity index (χ1v) is 6.03. The minimum Gasteiger partial charge on any atom is -0.392 e. The number of hydrogen-bond donors (Lipinski definition) is 3. The highest BCUT2D eigenvalue weighted by atomic mass is 16.3. The van der Waals surface area contributed by atoms with Crippen LogP contribution in [-0.2, 0) is 9.59 Å². The molecule has 1 aliphatic heterocycles. The number of unbranched alkanes of at least 4 members (excludes halogenated alkanes) is 1. The summed E-state index contributed by atoms with van der Waals surface area (Å²) in [5.74, 6) is -0.651. The minimum absolute atomic E-state index is 0.0485. The standard InChI is InChI=1S/C11H21N3O3/c1-2-3-4-14(7-10(12)16)11(17)9-5-8(15)6-13-9/h8-9,13,15H,2-7H2,1H3,(H2,12,16). The molecule has 0 saturated carbocycles. The van der Waals surface area contributed by atoms with E-state index in [-0.39, 0.29) is 18.5 Å². The smallest absolute Gasteiger partial charge is 0.240 e. The van der Waals surface area contributed by atoms with E-state index in [1.54, 1.807) is 0 Å². The number of hydrogen-bond acceptors (Lipinski definition) is 4. The van der Waals surface area contributed by atoms with Gasteiger partial charge in [0, 0.05) is 13.1 Å². The molecule has 17 heavy (non-hydrogen) atoms. The van der Waals surface area contributed by atoms with Gasteiger partial charge in [-0.2, -0.15) is 0 Å². The summed E-state index contributed by atoms with van der Waals surface area (Å²) in [5, 5.41) is 12.3. The first kappa shape index (κ1) is 13.9. The van der Waals surface area contributed by atoms with Crippen LogP contribution in [0.1, 0.15) is 26.2 Å². The third kappa shape index (κ3) is 4.32. The molecular weight excluding hydrogens is 222 g/mol. The summed E-state index contributed by atoms with van der Waals surface area (Å²) < 4.78 is 0. The lowest BCUT2D eigenvalue weighted by atomic mass is 10.1. The molecule has 0 aromatic heterocycles. The fraction of sp³-hybridized carbons (Fsp3) is 0.818. The second-order valence-electron chi connectivity index (χ2n) is 4.43. The van der Waals surface area contributed by atoms with Crippen molar-refractivity contribution in [3.05, 3.63) is 0 Å². The van der Waals surface area contributed by atoms with Crippen LogP contribution in [0.25, 0.3) is 0 Å². The second kappa shape index (κ2) is 6.56. The predicted molar refractivity (Wildman–Crippen MR) is 63.1 cm³/mol. The molecule has 1 aliphatic rings. The number of carbonyl (C=O) groups excluding carboxylic acids is 2. The van der Waals surface area contributed by atoms with E-state index in [9.17, 15) is 14.7 Å². The summed E-state index contributed by atoms with van der Waals surface area (Å²) in [6.45, 7) is 2.93. The van der Waals surface area contributed by atoms with Crippen LogP contribution in [0.4, 0.5) is 0 Å². The Morgan fingerprint density at radius 1 is 1.53 bits per heavy atom. The Balaban J connectivity index is 2.55. The molecule has 0 radical (unpaired) electrons. The summed E-state index contributed by atoms with van der Waals surface area (Å²) in [5.41, 5.74) is 5.13. The highest BCUT2D eigenvalue weighted by molar-refractivity contribution is 5.87. The number of amides is 2. The van der Waals surface area contributed by atoms with Gasteiger partial charge in [-0.15, -0.1) is 0 Å². The molecule has 1 heterocycles. The van der Waals surface area contributed by atoms with E-state index in [4.69, 9.17) is 5.73 Å². The van der Waals surface area contributed by atoms with Crippen LogP contribution in [0.2, 0.25) is 0 Å². The maximum Gasteiger partial charge on any atom is 0.240 e. The van der Waals surface area contributed by atoms with Crippen LogP contribution >= 0.6 is 0 Å². The second-order valence-corrected chi connectivity index (χ2v) is 4.43. The van der Waals surface area contributed by atoms with Crippen molar-refractivity contribution in [1.29, 1.82) is 0 Å². The molecule has 4 N–H and O–H groups in total. The Labute approximate surface area is 101 Å². The summed E-state index contributed by atoms with van der Waals surface area (Å²) in [6, 6.07) is -0.388. The van der Waals surface area contributed by atoms with E-state index < -0.39 is 12.0 Å². The Bertz CT molecular complexity index is 283. The van der Waals surface area contributed by atoms with Crippen molar-refractivity contribution in [1.82, 2.24) is 10.2 Å². The van der Waals surface area contributed by atoms with E-state index in [1.807, 2.05) is 6.92 Å². The van der Waals surface area contributed by atoms with Crippen molar-refractivity contribution in [2.75, 3.05) is 19.6 Å². The van der Waals surface area contributed by atoms with Crippen molar-refractivity contribution in [2.24, 2.45) is 5.73 Å². The molecule has 0 aromatic carbocycles. The zero-order valence-electron chi connectivity index (χ0n) is 10.2. The molecule has 1 fully saturated rings. The molecule has 1 rings (SSSR count). The molecule has 0 spiro atoms. The van der Waals surface area contributed by atoms with Crippen molar-refractivity contribution < 1.29 is 14.7 Å². The molecule has 2 unspecified atom stereocenters. The van der Waals surface area contributed by atoms with E-state index in [0.29, 0.717) is 19.5 Å². The lowest BCUT2D eigenvalue weighted by molar-refractivity contribution is -0.136. The van der Waals surface area contributed by atoms with Crippen molar-refractivity contribution >= 4 is 11.8 Å². The normalized spacial score (nSPS) is 23.6. The van der Waals surface area contributed by atoms with Crippen LogP contribution in [-0.4, -0.2) is 53.6 Å². The van der Waals surface area contributed by atoms with Crippen molar-refractivity contribution in [3.8, 4) is 0 Å². The minimum atomic E-state index is -0.506. The van der Waals surface area contributed by atoms with Gasteiger partial charge in [0.05, 0.1) is 18.7 Å². The number of β-amino-alcohol motifs (C(OH)–C–C–N with tert-alkyl or cyclic N) is 1. The number of carbonyl (C=O) groups is 2. The molecule has 0 aromatic rings. The fourth-order valence-corrected chi connectivity index (χ4v) is 1.93. The quantitative estimate of drug-likeness (QED) is 0.547. The molecule has 6 heteroatoms. The first-order valence-electron chi connectivity index (χ1n) is 6.03. The summed E-state index contributed by atoms with van der Waals surface area (Å²) in [7, 11) is 0. The third-order valence-electron chi connectivity index (χ3n) is 2.85. The molecule has 1 saturated heterocycles. The third-order valence-corrected chi connectivity index (χ3v) is 2.85. The van der Waals surface area contributed by atoms with Gasteiger partial charge in [-0.05, 0) is 12.8 Å². The number of nitrogens with zero attached hydrogens (tertiary/aromatic N) is 1.